The van der Waals surface area contributed by atoms with E-state index in [0.29, 0.717) is 10.8 Å². The summed E-state index contributed by atoms with van der Waals surface area (Å²) in [5.41, 5.74) is 0.747. The number of rotatable bonds is 4. The van der Waals surface area contributed by atoms with Gasteiger partial charge in [-0.1, -0.05) is 23.8 Å². The first kappa shape index (κ1) is 11.6. The molecule has 0 unspecified atom stereocenters. The highest BCUT2D eigenvalue weighted by Gasteiger charge is 1.99. The number of carboxylic acids is 1. The van der Waals surface area contributed by atoms with Crippen molar-refractivity contribution in [2.24, 2.45) is 0 Å². The van der Waals surface area contributed by atoms with Crippen LogP contribution in [0.4, 0.5) is 0 Å². The molecular formula is C11H11ClO3. The monoisotopic (exact) mass is 226 g/mol. The van der Waals surface area contributed by atoms with Gasteiger partial charge in [0, 0.05) is 5.02 Å². The van der Waals surface area contributed by atoms with Gasteiger partial charge in [0.2, 0.25) is 0 Å². The van der Waals surface area contributed by atoms with Gasteiger partial charge < -0.3 is 9.84 Å². The Bertz CT molecular complexity index is 385. The lowest BCUT2D eigenvalue weighted by Gasteiger charge is -2.02. The minimum absolute atomic E-state index is 0.0203. The second kappa shape index (κ2) is 5.41. The number of halogens is 1. The lowest BCUT2D eigenvalue weighted by molar-refractivity contribution is -0.135. The molecule has 0 aliphatic heterocycles. The molecule has 1 rings (SSSR count). The predicted octanol–water partition coefficient (Wildman–Crippen LogP) is 2.84. The van der Waals surface area contributed by atoms with E-state index < -0.39 is 5.97 Å². The summed E-state index contributed by atoms with van der Waals surface area (Å²) in [7, 11) is 1.56. The molecule has 0 aliphatic carbocycles. The quantitative estimate of drug-likeness (QED) is 0.859. The molecule has 1 aromatic rings. The summed E-state index contributed by atoms with van der Waals surface area (Å²) in [6.45, 7) is 0. The lowest BCUT2D eigenvalue weighted by Crippen LogP contribution is -1.90. The molecule has 0 amide bonds. The minimum Gasteiger partial charge on any atom is -0.497 e. The summed E-state index contributed by atoms with van der Waals surface area (Å²) >= 11 is 5.91. The maximum atomic E-state index is 10.3. The van der Waals surface area contributed by atoms with Crippen LogP contribution >= 0.6 is 11.6 Å². The van der Waals surface area contributed by atoms with Crippen LogP contribution < -0.4 is 4.74 Å². The Balaban J connectivity index is 2.83. The Hall–Kier alpha value is -1.48. The van der Waals surface area contributed by atoms with Crippen LogP contribution in [-0.4, -0.2) is 18.2 Å². The Morgan fingerprint density at radius 1 is 1.60 bits per heavy atom. The van der Waals surface area contributed by atoms with Gasteiger partial charge in [0.25, 0.3) is 0 Å². The number of ether oxygens (including phenoxy) is 1. The van der Waals surface area contributed by atoms with Crippen molar-refractivity contribution in [3.05, 3.63) is 34.9 Å². The zero-order valence-electron chi connectivity index (χ0n) is 8.24. The average molecular weight is 227 g/mol. The van der Waals surface area contributed by atoms with E-state index in [1.165, 1.54) is 0 Å². The van der Waals surface area contributed by atoms with Crippen molar-refractivity contribution >= 4 is 23.6 Å². The second-order valence-electron chi connectivity index (χ2n) is 2.89. The van der Waals surface area contributed by atoms with E-state index >= 15 is 0 Å². The SMILES string of the molecule is COc1ccc(Cl)c(/C=C/CC(=O)O)c1. The molecule has 15 heavy (non-hydrogen) atoms. The van der Waals surface area contributed by atoms with Gasteiger partial charge in [-0.05, 0) is 23.8 Å². The number of hydrogen-bond acceptors (Lipinski definition) is 2. The van der Waals surface area contributed by atoms with Gasteiger partial charge in [0.05, 0.1) is 13.5 Å². The highest BCUT2D eigenvalue weighted by atomic mass is 35.5. The summed E-state index contributed by atoms with van der Waals surface area (Å²) in [5, 5.41) is 9.02. The zero-order chi connectivity index (χ0) is 11.3. The first-order valence-electron chi connectivity index (χ1n) is 4.35. The smallest absolute Gasteiger partial charge is 0.307 e. The fourth-order valence-corrected chi connectivity index (χ4v) is 1.24. The number of benzene rings is 1. The first-order chi connectivity index (χ1) is 7.13. The molecule has 0 radical (unpaired) electrons. The van der Waals surface area contributed by atoms with Crippen LogP contribution in [0.1, 0.15) is 12.0 Å². The maximum absolute atomic E-state index is 10.3. The maximum Gasteiger partial charge on any atom is 0.307 e. The van der Waals surface area contributed by atoms with Crippen molar-refractivity contribution < 1.29 is 14.6 Å². The van der Waals surface area contributed by atoms with Crippen molar-refractivity contribution in [2.45, 2.75) is 6.42 Å². The molecule has 0 aromatic heterocycles. The predicted molar refractivity (Wildman–Crippen MR) is 59.3 cm³/mol. The van der Waals surface area contributed by atoms with Crippen LogP contribution in [0.25, 0.3) is 6.08 Å². The van der Waals surface area contributed by atoms with E-state index in [4.69, 9.17) is 21.4 Å². The third-order valence-electron chi connectivity index (χ3n) is 1.79. The molecule has 3 nitrogen and oxygen atoms in total. The first-order valence-corrected chi connectivity index (χ1v) is 4.73. The molecule has 0 heterocycles. The van der Waals surface area contributed by atoms with E-state index in [1.807, 2.05) is 0 Å². The summed E-state index contributed by atoms with van der Waals surface area (Å²) in [5.74, 6) is -0.181. The summed E-state index contributed by atoms with van der Waals surface area (Å²) in [6.07, 6.45) is 3.19. The summed E-state index contributed by atoms with van der Waals surface area (Å²) in [6, 6.07) is 5.21. The van der Waals surface area contributed by atoms with E-state index in [9.17, 15) is 4.79 Å². The molecule has 4 heteroatoms. The molecular weight excluding hydrogens is 216 g/mol. The van der Waals surface area contributed by atoms with Gasteiger partial charge in [0.15, 0.2) is 0 Å². The Morgan fingerprint density at radius 2 is 2.33 bits per heavy atom. The van der Waals surface area contributed by atoms with Crippen LogP contribution in [0.5, 0.6) is 5.75 Å². The molecule has 0 fully saturated rings. The average Bonchev–Trinajstić information content (AvgIpc) is 2.20. The van der Waals surface area contributed by atoms with Gasteiger partial charge in [-0.25, -0.2) is 0 Å². The Labute approximate surface area is 92.9 Å². The van der Waals surface area contributed by atoms with E-state index in [2.05, 4.69) is 0 Å². The third-order valence-corrected chi connectivity index (χ3v) is 2.14. The summed E-state index contributed by atoms with van der Waals surface area (Å²) in [4.78, 5) is 10.3. The van der Waals surface area contributed by atoms with Gasteiger partial charge in [-0.3, -0.25) is 4.79 Å². The minimum atomic E-state index is -0.870. The van der Waals surface area contributed by atoms with Crippen molar-refractivity contribution in [2.75, 3.05) is 7.11 Å². The fraction of sp³-hybridized carbons (Fsp3) is 0.182. The van der Waals surface area contributed by atoms with Crippen LogP contribution in [0.2, 0.25) is 5.02 Å². The van der Waals surface area contributed by atoms with Crippen LogP contribution in [0, 0.1) is 0 Å². The largest absolute Gasteiger partial charge is 0.497 e. The fourth-order valence-electron chi connectivity index (χ4n) is 1.06. The standard InChI is InChI=1S/C11H11ClO3/c1-15-9-5-6-10(12)8(7-9)3-2-4-11(13)14/h2-3,5-7H,4H2,1H3,(H,13,14)/b3-2+. The topological polar surface area (TPSA) is 46.5 Å². The molecule has 0 saturated carbocycles. The molecule has 0 aliphatic rings. The molecule has 0 spiro atoms. The molecule has 80 valence electrons. The Kier molecular flexibility index (Phi) is 4.18. The van der Waals surface area contributed by atoms with Crippen molar-refractivity contribution in [3.8, 4) is 5.75 Å². The van der Waals surface area contributed by atoms with Crippen molar-refractivity contribution in [1.29, 1.82) is 0 Å². The van der Waals surface area contributed by atoms with Gasteiger partial charge in [-0.15, -0.1) is 0 Å². The zero-order valence-corrected chi connectivity index (χ0v) is 8.99. The van der Waals surface area contributed by atoms with E-state index in [0.717, 1.165) is 5.56 Å². The van der Waals surface area contributed by atoms with Crippen LogP contribution in [0.15, 0.2) is 24.3 Å². The number of hydrogen-bond donors (Lipinski definition) is 1. The molecule has 1 aromatic carbocycles. The van der Waals surface area contributed by atoms with Gasteiger partial charge in [-0.2, -0.15) is 0 Å². The molecule has 0 bridgehead atoms. The summed E-state index contributed by atoms with van der Waals surface area (Å²) < 4.78 is 5.03. The van der Waals surface area contributed by atoms with Crippen LogP contribution in [0.3, 0.4) is 0 Å². The van der Waals surface area contributed by atoms with Crippen molar-refractivity contribution in [3.63, 3.8) is 0 Å². The van der Waals surface area contributed by atoms with Gasteiger partial charge in [0.1, 0.15) is 5.75 Å². The van der Waals surface area contributed by atoms with Gasteiger partial charge >= 0.3 is 5.97 Å². The number of aliphatic carboxylic acids is 1. The van der Waals surface area contributed by atoms with E-state index in [1.54, 1.807) is 37.5 Å². The number of carboxylic acid groups (broad SMARTS) is 1. The molecule has 0 saturated heterocycles. The number of methoxy groups -OCH3 is 1. The number of carbonyl (C=O) groups is 1. The highest BCUT2D eigenvalue weighted by molar-refractivity contribution is 6.32. The van der Waals surface area contributed by atoms with Crippen LogP contribution in [-0.2, 0) is 4.79 Å². The normalized spacial score (nSPS) is 10.5. The highest BCUT2D eigenvalue weighted by Crippen LogP contribution is 2.23. The Morgan fingerprint density at radius 3 is 2.93 bits per heavy atom. The molecule has 1 N–H and O–H groups in total. The van der Waals surface area contributed by atoms with Crippen molar-refractivity contribution in [1.82, 2.24) is 0 Å². The molecule has 0 atom stereocenters. The third kappa shape index (κ3) is 3.64. The van der Waals surface area contributed by atoms with E-state index in [-0.39, 0.29) is 6.42 Å². The second-order valence-corrected chi connectivity index (χ2v) is 3.29. The lowest BCUT2D eigenvalue weighted by atomic mass is 10.2.